The second kappa shape index (κ2) is 6.39. The first-order valence-corrected chi connectivity index (χ1v) is 5.18. The highest BCUT2D eigenvalue weighted by Crippen LogP contribution is 2.09. The van der Waals surface area contributed by atoms with Crippen LogP contribution in [0, 0.1) is 5.92 Å². The molecule has 0 amide bonds. The van der Waals surface area contributed by atoms with Gasteiger partial charge in [-0.2, -0.15) is 0 Å². The van der Waals surface area contributed by atoms with Crippen LogP contribution in [0.1, 0.15) is 18.9 Å². The van der Waals surface area contributed by atoms with E-state index in [9.17, 15) is 0 Å². The first-order valence-electron chi connectivity index (χ1n) is 5.18. The molecule has 0 aromatic heterocycles. The SMILES string of the molecule is CC/C=C/C(CO)Cc1ccccc1. The van der Waals surface area contributed by atoms with Crippen LogP contribution in [0.2, 0.25) is 0 Å². The highest BCUT2D eigenvalue weighted by atomic mass is 16.3. The summed E-state index contributed by atoms with van der Waals surface area (Å²) >= 11 is 0. The standard InChI is InChI=1S/C13H18O/c1-2-3-7-13(11-14)10-12-8-5-4-6-9-12/h3-9,13-14H,2,10-11H2,1H3/b7-3+. The normalized spacial score (nSPS) is 13.3. The fraction of sp³-hybridized carbons (Fsp3) is 0.385. The fourth-order valence-electron chi connectivity index (χ4n) is 1.44. The van der Waals surface area contributed by atoms with Crippen molar-refractivity contribution in [1.29, 1.82) is 0 Å². The number of allylic oxidation sites excluding steroid dienone is 1. The fourth-order valence-corrected chi connectivity index (χ4v) is 1.44. The summed E-state index contributed by atoms with van der Waals surface area (Å²) in [6.45, 7) is 2.33. The van der Waals surface area contributed by atoms with Crippen molar-refractivity contribution in [2.45, 2.75) is 19.8 Å². The van der Waals surface area contributed by atoms with Gasteiger partial charge in [-0.3, -0.25) is 0 Å². The van der Waals surface area contributed by atoms with Gasteiger partial charge in [0.25, 0.3) is 0 Å². The van der Waals surface area contributed by atoms with Gasteiger partial charge in [-0.15, -0.1) is 0 Å². The lowest BCUT2D eigenvalue weighted by molar-refractivity contribution is 0.252. The Labute approximate surface area is 86.1 Å². The number of hydrogen-bond acceptors (Lipinski definition) is 1. The van der Waals surface area contributed by atoms with Crippen molar-refractivity contribution in [2.75, 3.05) is 6.61 Å². The summed E-state index contributed by atoms with van der Waals surface area (Å²) in [6.07, 6.45) is 6.18. The minimum atomic E-state index is 0.228. The Bertz CT molecular complexity index is 264. The Hall–Kier alpha value is -1.08. The largest absolute Gasteiger partial charge is 0.396 e. The van der Waals surface area contributed by atoms with Crippen LogP contribution in [0.4, 0.5) is 0 Å². The molecule has 0 radical (unpaired) electrons. The van der Waals surface area contributed by atoms with Gasteiger partial charge >= 0.3 is 0 Å². The molecule has 1 rings (SSSR count). The summed E-state index contributed by atoms with van der Waals surface area (Å²) < 4.78 is 0. The van der Waals surface area contributed by atoms with Crippen LogP contribution in [0.25, 0.3) is 0 Å². The van der Waals surface area contributed by atoms with Gasteiger partial charge in [0.1, 0.15) is 0 Å². The highest BCUT2D eigenvalue weighted by Gasteiger charge is 2.03. The van der Waals surface area contributed by atoms with Crippen LogP contribution in [0.15, 0.2) is 42.5 Å². The molecule has 0 bridgehead atoms. The summed E-state index contributed by atoms with van der Waals surface area (Å²) in [5.41, 5.74) is 1.28. The molecule has 0 fully saturated rings. The van der Waals surface area contributed by atoms with Crippen LogP contribution >= 0.6 is 0 Å². The molecule has 1 nitrogen and oxygen atoms in total. The molecule has 0 aliphatic carbocycles. The minimum absolute atomic E-state index is 0.228. The number of aliphatic hydroxyl groups excluding tert-OH is 1. The maximum Gasteiger partial charge on any atom is 0.0496 e. The zero-order chi connectivity index (χ0) is 10.2. The molecular formula is C13H18O. The van der Waals surface area contributed by atoms with E-state index in [4.69, 9.17) is 5.11 Å². The monoisotopic (exact) mass is 190 g/mol. The number of hydrogen-bond donors (Lipinski definition) is 1. The zero-order valence-corrected chi connectivity index (χ0v) is 8.69. The molecule has 0 aliphatic rings. The van der Waals surface area contributed by atoms with Crippen molar-refractivity contribution in [3.63, 3.8) is 0 Å². The van der Waals surface area contributed by atoms with Gasteiger partial charge in [0.15, 0.2) is 0 Å². The van der Waals surface area contributed by atoms with E-state index in [1.165, 1.54) is 5.56 Å². The van der Waals surface area contributed by atoms with Gasteiger partial charge in [-0.25, -0.2) is 0 Å². The summed E-state index contributed by atoms with van der Waals surface area (Å²) in [5, 5.41) is 9.16. The first-order chi connectivity index (χ1) is 6.86. The molecule has 1 aromatic carbocycles. The predicted molar refractivity (Wildman–Crippen MR) is 60.2 cm³/mol. The highest BCUT2D eigenvalue weighted by molar-refractivity contribution is 5.16. The van der Waals surface area contributed by atoms with Gasteiger partial charge in [0.05, 0.1) is 0 Å². The van der Waals surface area contributed by atoms with E-state index in [0.717, 1.165) is 12.8 Å². The molecule has 1 N–H and O–H groups in total. The molecule has 14 heavy (non-hydrogen) atoms. The van der Waals surface area contributed by atoms with Gasteiger partial charge in [0, 0.05) is 12.5 Å². The van der Waals surface area contributed by atoms with Crippen LogP contribution in [-0.2, 0) is 6.42 Å². The summed E-state index contributed by atoms with van der Waals surface area (Å²) in [6, 6.07) is 10.3. The average molecular weight is 190 g/mol. The lowest BCUT2D eigenvalue weighted by atomic mass is 9.99. The zero-order valence-electron chi connectivity index (χ0n) is 8.69. The Morgan fingerprint density at radius 1 is 1.29 bits per heavy atom. The Balaban J connectivity index is 2.53. The molecule has 0 spiro atoms. The molecule has 1 aromatic rings. The maximum absolute atomic E-state index is 9.16. The van der Waals surface area contributed by atoms with Gasteiger partial charge in [0.2, 0.25) is 0 Å². The number of benzene rings is 1. The molecular weight excluding hydrogens is 172 g/mol. The topological polar surface area (TPSA) is 20.2 Å². The smallest absolute Gasteiger partial charge is 0.0496 e. The van der Waals surface area contributed by atoms with Gasteiger partial charge in [-0.05, 0) is 18.4 Å². The summed E-state index contributed by atoms with van der Waals surface area (Å²) in [5.74, 6) is 0.261. The first kappa shape index (κ1) is 11.0. The summed E-state index contributed by atoms with van der Waals surface area (Å²) in [7, 11) is 0. The lowest BCUT2D eigenvalue weighted by Crippen LogP contribution is -2.06. The number of aliphatic hydroxyl groups is 1. The summed E-state index contributed by atoms with van der Waals surface area (Å²) in [4.78, 5) is 0. The van der Waals surface area contributed by atoms with Crippen LogP contribution in [0.5, 0.6) is 0 Å². The Kier molecular flexibility index (Phi) is 5.02. The van der Waals surface area contributed by atoms with E-state index in [0.29, 0.717) is 0 Å². The van der Waals surface area contributed by atoms with E-state index in [1.54, 1.807) is 0 Å². The van der Waals surface area contributed by atoms with E-state index in [2.05, 4.69) is 31.2 Å². The van der Waals surface area contributed by atoms with E-state index in [1.807, 2.05) is 18.2 Å². The maximum atomic E-state index is 9.16. The lowest BCUT2D eigenvalue weighted by Gasteiger charge is -2.08. The van der Waals surface area contributed by atoms with Crippen molar-refractivity contribution in [3.8, 4) is 0 Å². The second-order valence-electron chi connectivity index (χ2n) is 3.47. The molecule has 0 saturated carbocycles. The Morgan fingerprint density at radius 3 is 2.57 bits per heavy atom. The van der Waals surface area contributed by atoms with Crippen molar-refractivity contribution in [1.82, 2.24) is 0 Å². The molecule has 76 valence electrons. The molecule has 0 heterocycles. The minimum Gasteiger partial charge on any atom is -0.396 e. The van der Waals surface area contributed by atoms with E-state index >= 15 is 0 Å². The van der Waals surface area contributed by atoms with Crippen molar-refractivity contribution in [2.24, 2.45) is 5.92 Å². The molecule has 1 unspecified atom stereocenters. The third-order valence-electron chi connectivity index (χ3n) is 2.22. The average Bonchev–Trinajstić information content (AvgIpc) is 2.25. The Morgan fingerprint density at radius 2 is 2.00 bits per heavy atom. The van der Waals surface area contributed by atoms with Crippen LogP contribution < -0.4 is 0 Å². The quantitative estimate of drug-likeness (QED) is 0.708. The third kappa shape index (κ3) is 3.75. The molecule has 0 aliphatic heterocycles. The van der Waals surface area contributed by atoms with Crippen LogP contribution in [0.3, 0.4) is 0 Å². The van der Waals surface area contributed by atoms with Crippen LogP contribution in [-0.4, -0.2) is 11.7 Å². The number of rotatable bonds is 5. The van der Waals surface area contributed by atoms with Gasteiger partial charge in [-0.1, -0.05) is 49.4 Å². The predicted octanol–water partition coefficient (Wildman–Crippen LogP) is 2.80. The van der Waals surface area contributed by atoms with Crippen molar-refractivity contribution < 1.29 is 5.11 Å². The second-order valence-corrected chi connectivity index (χ2v) is 3.47. The van der Waals surface area contributed by atoms with Gasteiger partial charge < -0.3 is 5.11 Å². The third-order valence-corrected chi connectivity index (χ3v) is 2.22. The van der Waals surface area contributed by atoms with E-state index < -0.39 is 0 Å². The molecule has 1 heteroatoms. The molecule has 1 atom stereocenters. The van der Waals surface area contributed by atoms with Crippen molar-refractivity contribution >= 4 is 0 Å². The van der Waals surface area contributed by atoms with Crippen molar-refractivity contribution in [3.05, 3.63) is 48.0 Å². The van der Waals surface area contributed by atoms with E-state index in [-0.39, 0.29) is 12.5 Å². The molecule has 0 saturated heterocycles.